The lowest BCUT2D eigenvalue weighted by molar-refractivity contribution is -0.0150. The molecule has 2 aliphatic heterocycles. The zero-order valence-electron chi connectivity index (χ0n) is 16.9. The predicted molar refractivity (Wildman–Crippen MR) is 116 cm³/mol. The van der Waals surface area contributed by atoms with Gasteiger partial charge in [0.25, 0.3) is 5.91 Å². The van der Waals surface area contributed by atoms with E-state index in [0.29, 0.717) is 18.7 Å². The molecular formula is C24H26N4O2. The summed E-state index contributed by atoms with van der Waals surface area (Å²) >= 11 is 0. The van der Waals surface area contributed by atoms with Crippen molar-refractivity contribution < 1.29 is 9.90 Å². The molecule has 0 aliphatic carbocycles. The number of carbonyl (C=O) groups is 1. The number of amides is 1. The molecule has 154 valence electrons. The molecule has 1 N–H and O–H groups in total. The van der Waals surface area contributed by atoms with Gasteiger partial charge in [-0.2, -0.15) is 0 Å². The zero-order chi connectivity index (χ0) is 20.6. The van der Waals surface area contributed by atoms with Gasteiger partial charge in [0.2, 0.25) is 0 Å². The number of rotatable bonds is 2. The molecule has 0 bridgehead atoms. The maximum Gasteiger partial charge on any atom is 0.255 e. The molecule has 2 fully saturated rings. The molecular weight excluding hydrogens is 376 g/mol. The number of hydrogen-bond donors (Lipinski definition) is 1. The number of likely N-dealkylation sites (tertiary alicyclic amines) is 1. The SMILES string of the molecule is O=C(c1cccnc1)N1CC(O)CC2(CCN(c3ccnc4ccccc34)CC2)C1. The van der Waals surface area contributed by atoms with E-state index in [0.717, 1.165) is 37.9 Å². The highest BCUT2D eigenvalue weighted by atomic mass is 16.3. The summed E-state index contributed by atoms with van der Waals surface area (Å²) in [6.07, 6.45) is 7.34. The van der Waals surface area contributed by atoms with Crippen LogP contribution in [0, 0.1) is 5.41 Å². The molecule has 1 amide bonds. The monoisotopic (exact) mass is 402 g/mol. The molecule has 2 saturated heterocycles. The third-order valence-corrected chi connectivity index (χ3v) is 6.61. The van der Waals surface area contributed by atoms with Crippen LogP contribution in [0.3, 0.4) is 0 Å². The fraction of sp³-hybridized carbons (Fsp3) is 0.375. The maximum atomic E-state index is 13.0. The number of fused-ring (bicyclic) bond motifs is 1. The number of carbonyl (C=O) groups excluding carboxylic acids is 1. The molecule has 1 spiro atoms. The van der Waals surface area contributed by atoms with Crippen molar-refractivity contribution in [2.75, 3.05) is 31.1 Å². The van der Waals surface area contributed by atoms with Gasteiger partial charge in [-0.05, 0) is 48.9 Å². The van der Waals surface area contributed by atoms with Crippen LogP contribution in [0.2, 0.25) is 0 Å². The second kappa shape index (κ2) is 7.69. The Bertz CT molecular complexity index is 1040. The molecule has 4 heterocycles. The molecule has 5 rings (SSSR count). The second-order valence-electron chi connectivity index (χ2n) is 8.62. The maximum absolute atomic E-state index is 13.0. The fourth-order valence-corrected chi connectivity index (χ4v) is 5.12. The lowest BCUT2D eigenvalue weighted by Gasteiger charge is -2.49. The Kier molecular flexibility index (Phi) is 4.87. The van der Waals surface area contributed by atoms with Gasteiger partial charge in [-0.15, -0.1) is 0 Å². The minimum atomic E-state index is -0.479. The van der Waals surface area contributed by atoms with E-state index in [1.807, 2.05) is 23.2 Å². The van der Waals surface area contributed by atoms with E-state index in [1.54, 1.807) is 24.5 Å². The number of aliphatic hydroxyl groups excluding tert-OH is 1. The van der Waals surface area contributed by atoms with Gasteiger partial charge in [0.1, 0.15) is 0 Å². The average Bonchev–Trinajstić information content (AvgIpc) is 2.79. The molecule has 30 heavy (non-hydrogen) atoms. The van der Waals surface area contributed by atoms with Crippen LogP contribution in [0.15, 0.2) is 61.1 Å². The number of piperidine rings is 2. The first-order chi connectivity index (χ1) is 14.6. The van der Waals surface area contributed by atoms with Crippen molar-refractivity contribution in [3.63, 3.8) is 0 Å². The van der Waals surface area contributed by atoms with Gasteiger partial charge >= 0.3 is 0 Å². The van der Waals surface area contributed by atoms with Gasteiger partial charge < -0.3 is 14.9 Å². The first kappa shape index (κ1) is 19.0. The Labute approximate surface area is 176 Å². The number of pyridine rings is 2. The molecule has 6 heteroatoms. The van der Waals surface area contributed by atoms with Crippen LogP contribution >= 0.6 is 0 Å². The molecule has 6 nitrogen and oxygen atoms in total. The number of para-hydroxylation sites is 1. The quantitative estimate of drug-likeness (QED) is 0.713. The van der Waals surface area contributed by atoms with Gasteiger partial charge in [-0.3, -0.25) is 14.8 Å². The van der Waals surface area contributed by atoms with E-state index in [9.17, 15) is 9.90 Å². The molecule has 0 saturated carbocycles. The van der Waals surface area contributed by atoms with Gasteiger partial charge in [0.05, 0.1) is 17.2 Å². The summed E-state index contributed by atoms with van der Waals surface area (Å²) in [7, 11) is 0. The summed E-state index contributed by atoms with van der Waals surface area (Å²) < 4.78 is 0. The second-order valence-corrected chi connectivity index (χ2v) is 8.62. The number of aliphatic hydroxyl groups is 1. The van der Waals surface area contributed by atoms with Crippen LogP contribution in [-0.2, 0) is 0 Å². The summed E-state index contributed by atoms with van der Waals surface area (Å²) in [6.45, 7) is 2.92. The highest BCUT2D eigenvalue weighted by Gasteiger charge is 2.43. The normalized spacial score (nSPS) is 21.2. The Balaban J connectivity index is 1.33. The van der Waals surface area contributed by atoms with E-state index < -0.39 is 6.10 Å². The van der Waals surface area contributed by atoms with Crippen molar-refractivity contribution in [1.82, 2.24) is 14.9 Å². The third kappa shape index (κ3) is 3.52. The van der Waals surface area contributed by atoms with Crippen molar-refractivity contribution in [2.24, 2.45) is 5.41 Å². The topological polar surface area (TPSA) is 69.6 Å². The molecule has 1 unspecified atom stereocenters. The van der Waals surface area contributed by atoms with E-state index in [2.05, 4.69) is 33.1 Å². The van der Waals surface area contributed by atoms with Crippen LogP contribution in [0.4, 0.5) is 5.69 Å². The number of aromatic nitrogens is 2. The number of nitrogens with zero attached hydrogens (tertiary/aromatic N) is 4. The smallest absolute Gasteiger partial charge is 0.255 e. The third-order valence-electron chi connectivity index (χ3n) is 6.61. The molecule has 1 atom stereocenters. The van der Waals surface area contributed by atoms with Gasteiger partial charge in [0.15, 0.2) is 0 Å². The van der Waals surface area contributed by atoms with Gasteiger partial charge in [-0.25, -0.2) is 0 Å². The van der Waals surface area contributed by atoms with Crippen molar-refractivity contribution in [2.45, 2.75) is 25.4 Å². The summed E-state index contributed by atoms with van der Waals surface area (Å²) in [4.78, 5) is 25.8. The zero-order valence-corrected chi connectivity index (χ0v) is 16.9. The first-order valence-corrected chi connectivity index (χ1v) is 10.6. The summed E-state index contributed by atoms with van der Waals surface area (Å²) in [5.41, 5.74) is 2.78. The van der Waals surface area contributed by atoms with E-state index in [4.69, 9.17) is 0 Å². The lowest BCUT2D eigenvalue weighted by atomic mass is 9.71. The average molecular weight is 402 g/mol. The summed E-state index contributed by atoms with van der Waals surface area (Å²) in [5, 5.41) is 11.8. The van der Waals surface area contributed by atoms with E-state index >= 15 is 0 Å². The van der Waals surface area contributed by atoms with Crippen LogP contribution in [0.1, 0.15) is 29.6 Å². The van der Waals surface area contributed by atoms with Gasteiger partial charge in [-0.1, -0.05) is 18.2 Å². The highest BCUT2D eigenvalue weighted by molar-refractivity contribution is 5.94. The van der Waals surface area contributed by atoms with Crippen LogP contribution in [-0.4, -0.2) is 58.2 Å². The standard InChI is InChI=1S/C24H26N4O2/c29-19-14-24(17-28(16-19)23(30)18-4-3-10-25-15-18)8-12-27(13-9-24)22-7-11-26-21-6-2-1-5-20(21)22/h1-7,10-11,15,19,29H,8-9,12-14,16-17H2. The fourth-order valence-electron chi connectivity index (χ4n) is 5.12. The number of anilines is 1. The molecule has 3 aromatic rings. The van der Waals surface area contributed by atoms with Crippen LogP contribution < -0.4 is 4.90 Å². The van der Waals surface area contributed by atoms with E-state index in [1.165, 1.54) is 11.1 Å². The molecule has 2 aromatic heterocycles. The summed E-state index contributed by atoms with van der Waals surface area (Å²) in [6, 6.07) is 13.9. The van der Waals surface area contributed by atoms with Gasteiger partial charge in [0, 0.05) is 55.8 Å². The van der Waals surface area contributed by atoms with Crippen LogP contribution in [0.25, 0.3) is 10.9 Å². The largest absolute Gasteiger partial charge is 0.391 e. The first-order valence-electron chi connectivity index (χ1n) is 10.6. The Hall–Kier alpha value is -2.99. The molecule has 2 aliphatic rings. The van der Waals surface area contributed by atoms with Crippen molar-refractivity contribution in [3.05, 3.63) is 66.6 Å². The molecule has 1 aromatic carbocycles. The van der Waals surface area contributed by atoms with Crippen molar-refractivity contribution >= 4 is 22.5 Å². The Morgan fingerprint density at radius 2 is 1.90 bits per heavy atom. The van der Waals surface area contributed by atoms with Crippen molar-refractivity contribution in [3.8, 4) is 0 Å². The predicted octanol–water partition coefficient (Wildman–Crippen LogP) is 3.12. The number of β-amino-alcohol motifs (C(OH)–C–C–N with tert-alkyl or cyclic N) is 1. The minimum absolute atomic E-state index is 0.0329. The summed E-state index contributed by atoms with van der Waals surface area (Å²) in [5.74, 6) is -0.0382. The van der Waals surface area contributed by atoms with Crippen molar-refractivity contribution in [1.29, 1.82) is 0 Å². The number of benzene rings is 1. The lowest BCUT2D eigenvalue weighted by Crippen LogP contribution is -2.55. The van der Waals surface area contributed by atoms with Crippen LogP contribution in [0.5, 0.6) is 0 Å². The number of hydrogen-bond acceptors (Lipinski definition) is 5. The molecule has 0 radical (unpaired) electrons. The van der Waals surface area contributed by atoms with E-state index in [-0.39, 0.29) is 11.3 Å². The minimum Gasteiger partial charge on any atom is -0.391 e. The Morgan fingerprint density at radius 3 is 2.70 bits per heavy atom. The highest BCUT2D eigenvalue weighted by Crippen LogP contribution is 2.42. The Morgan fingerprint density at radius 1 is 1.07 bits per heavy atom.